The molecular formula is C19H25N3O3. The van der Waals surface area contributed by atoms with Crippen LogP contribution in [0.5, 0.6) is 0 Å². The second kappa shape index (κ2) is 7.25. The van der Waals surface area contributed by atoms with E-state index < -0.39 is 0 Å². The highest BCUT2D eigenvalue weighted by molar-refractivity contribution is 6.00. The Labute approximate surface area is 148 Å². The number of hydrogen-bond donors (Lipinski definition) is 2. The zero-order chi connectivity index (χ0) is 18.0. The molecule has 0 bridgehead atoms. The van der Waals surface area contributed by atoms with Crippen molar-refractivity contribution in [2.45, 2.75) is 33.1 Å². The van der Waals surface area contributed by atoms with Gasteiger partial charge in [0.1, 0.15) is 0 Å². The van der Waals surface area contributed by atoms with Gasteiger partial charge in [-0.25, -0.2) is 0 Å². The van der Waals surface area contributed by atoms with E-state index in [1.807, 2.05) is 32.0 Å². The van der Waals surface area contributed by atoms with Gasteiger partial charge in [-0.3, -0.25) is 14.4 Å². The van der Waals surface area contributed by atoms with Crippen LogP contribution < -0.4 is 15.5 Å². The number of anilines is 1. The number of carbonyl (C=O) groups excluding carboxylic acids is 3. The Morgan fingerprint density at radius 3 is 2.36 bits per heavy atom. The second-order valence-electron chi connectivity index (χ2n) is 6.98. The number of amides is 3. The van der Waals surface area contributed by atoms with Crippen LogP contribution in [0.25, 0.3) is 0 Å². The molecule has 2 fully saturated rings. The molecule has 1 atom stereocenters. The Bertz CT molecular complexity index is 697. The molecule has 0 radical (unpaired) electrons. The van der Waals surface area contributed by atoms with Crippen molar-refractivity contribution in [3.05, 3.63) is 29.3 Å². The van der Waals surface area contributed by atoms with E-state index in [4.69, 9.17) is 0 Å². The molecule has 1 aliphatic carbocycles. The fraction of sp³-hybridized carbons (Fsp3) is 0.526. The van der Waals surface area contributed by atoms with Crippen molar-refractivity contribution in [1.82, 2.24) is 10.6 Å². The molecule has 1 aromatic carbocycles. The Balaban J connectivity index is 1.50. The van der Waals surface area contributed by atoms with Crippen molar-refractivity contribution in [3.8, 4) is 0 Å². The van der Waals surface area contributed by atoms with Crippen molar-refractivity contribution in [3.63, 3.8) is 0 Å². The lowest BCUT2D eigenvalue weighted by Gasteiger charge is -2.20. The predicted molar refractivity (Wildman–Crippen MR) is 95.1 cm³/mol. The minimum absolute atomic E-state index is 0.0177. The number of nitrogens with one attached hydrogen (secondary N) is 2. The Kier molecular flexibility index (Phi) is 5.06. The first-order valence-electron chi connectivity index (χ1n) is 8.89. The van der Waals surface area contributed by atoms with Gasteiger partial charge in [0.2, 0.25) is 17.7 Å². The van der Waals surface area contributed by atoms with Crippen LogP contribution >= 0.6 is 0 Å². The van der Waals surface area contributed by atoms with Gasteiger partial charge in [-0.2, -0.15) is 0 Å². The predicted octanol–water partition coefficient (Wildman–Crippen LogP) is 1.30. The fourth-order valence-corrected chi connectivity index (χ4v) is 3.15. The first-order valence-corrected chi connectivity index (χ1v) is 8.89. The summed E-state index contributed by atoms with van der Waals surface area (Å²) in [6.07, 6.45) is 2.17. The summed E-state index contributed by atoms with van der Waals surface area (Å²) in [5.74, 6) is -0.232. The van der Waals surface area contributed by atoms with E-state index in [0.29, 0.717) is 19.6 Å². The minimum Gasteiger partial charge on any atom is -0.354 e. The number of hydrogen-bond acceptors (Lipinski definition) is 3. The van der Waals surface area contributed by atoms with Crippen LogP contribution in [0.3, 0.4) is 0 Å². The van der Waals surface area contributed by atoms with E-state index in [0.717, 1.165) is 29.7 Å². The summed E-state index contributed by atoms with van der Waals surface area (Å²) in [6.45, 7) is 5.24. The van der Waals surface area contributed by atoms with Crippen molar-refractivity contribution >= 4 is 23.4 Å². The largest absolute Gasteiger partial charge is 0.354 e. The molecular weight excluding hydrogens is 318 g/mol. The maximum atomic E-state index is 12.3. The average Bonchev–Trinajstić information content (AvgIpc) is 3.37. The number of carbonyl (C=O) groups is 3. The lowest BCUT2D eigenvalue weighted by molar-refractivity contribution is -0.126. The molecule has 2 aliphatic rings. The van der Waals surface area contributed by atoms with E-state index in [1.54, 1.807) is 4.90 Å². The highest BCUT2D eigenvalue weighted by atomic mass is 16.2. The summed E-state index contributed by atoms with van der Waals surface area (Å²) in [4.78, 5) is 37.9. The fourth-order valence-electron chi connectivity index (χ4n) is 3.15. The Morgan fingerprint density at radius 1 is 1.08 bits per heavy atom. The Hall–Kier alpha value is -2.37. The smallest absolute Gasteiger partial charge is 0.227 e. The van der Waals surface area contributed by atoms with E-state index >= 15 is 0 Å². The van der Waals surface area contributed by atoms with Crippen LogP contribution in [0.4, 0.5) is 5.69 Å². The van der Waals surface area contributed by atoms with Gasteiger partial charge < -0.3 is 15.5 Å². The van der Waals surface area contributed by atoms with E-state index in [2.05, 4.69) is 10.6 Å². The summed E-state index contributed by atoms with van der Waals surface area (Å²) in [6, 6.07) is 5.87. The third-order valence-electron chi connectivity index (χ3n) is 5.03. The molecule has 1 saturated carbocycles. The molecule has 1 heterocycles. The lowest BCUT2D eigenvalue weighted by atomic mass is 10.1. The second-order valence-corrected chi connectivity index (χ2v) is 6.98. The molecule has 6 heteroatoms. The highest BCUT2D eigenvalue weighted by Gasteiger charge is 2.35. The van der Waals surface area contributed by atoms with Crippen molar-refractivity contribution < 1.29 is 14.4 Å². The molecule has 6 nitrogen and oxygen atoms in total. The molecule has 2 N–H and O–H groups in total. The zero-order valence-electron chi connectivity index (χ0n) is 14.8. The molecule has 0 spiro atoms. The van der Waals surface area contributed by atoms with Gasteiger partial charge in [-0.1, -0.05) is 12.1 Å². The molecule has 3 amide bonds. The third-order valence-corrected chi connectivity index (χ3v) is 5.03. The normalized spacial score (nSPS) is 19.8. The summed E-state index contributed by atoms with van der Waals surface area (Å²) >= 11 is 0. The van der Waals surface area contributed by atoms with Crippen molar-refractivity contribution in [1.29, 1.82) is 0 Å². The van der Waals surface area contributed by atoms with Crippen molar-refractivity contribution in [2.75, 3.05) is 24.5 Å². The standard InChI is InChI=1S/C19H25N3O3/c1-12-4-3-5-16(13(12)2)22-11-15(10-17(22)23)19(25)21-9-8-20-18(24)14-6-7-14/h3-5,14-15H,6-11H2,1-2H3,(H,20,24)(H,21,25)/t15-/m1/s1. The summed E-state index contributed by atoms with van der Waals surface area (Å²) in [7, 11) is 0. The maximum Gasteiger partial charge on any atom is 0.227 e. The zero-order valence-corrected chi connectivity index (χ0v) is 14.8. The molecule has 1 aliphatic heterocycles. The van der Waals surface area contributed by atoms with E-state index in [9.17, 15) is 14.4 Å². The van der Waals surface area contributed by atoms with Crippen LogP contribution in [0.15, 0.2) is 18.2 Å². The molecule has 1 saturated heterocycles. The van der Waals surface area contributed by atoms with Crippen LogP contribution in [-0.4, -0.2) is 37.4 Å². The van der Waals surface area contributed by atoms with Crippen molar-refractivity contribution in [2.24, 2.45) is 11.8 Å². The van der Waals surface area contributed by atoms with Gasteiger partial charge in [0.25, 0.3) is 0 Å². The van der Waals surface area contributed by atoms with Crippen LogP contribution in [0, 0.1) is 25.7 Å². The average molecular weight is 343 g/mol. The monoisotopic (exact) mass is 343 g/mol. The van der Waals surface area contributed by atoms with Gasteiger partial charge in [0.05, 0.1) is 5.92 Å². The van der Waals surface area contributed by atoms with Gasteiger partial charge in [0.15, 0.2) is 0 Å². The van der Waals surface area contributed by atoms with E-state index in [1.165, 1.54) is 0 Å². The summed E-state index contributed by atoms with van der Waals surface area (Å²) in [5.41, 5.74) is 3.08. The van der Waals surface area contributed by atoms with Gasteiger partial charge in [-0.05, 0) is 43.9 Å². The van der Waals surface area contributed by atoms with E-state index in [-0.39, 0.29) is 36.0 Å². The van der Waals surface area contributed by atoms with Crippen LogP contribution in [-0.2, 0) is 14.4 Å². The lowest BCUT2D eigenvalue weighted by Crippen LogP contribution is -2.38. The molecule has 0 unspecified atom stereocenters. The number of aryl methyl sites for hydroxylation is 1. The summed E-state index contributed by atoms with van der Waals surface area (Å²) in [5, 5.41) is 5.64. The van der Waals surface area contributed by atoms with Crippen LogP contribution in [0.2, 0.25) is 0 Å². The third kappa shape index (κ3) is 4.00. The Morgan fingerprint density at radius 2 is 1.72 bits per heavy atom. The summed E-state index contributed by atoms with van der Waals surface area (Å²) < 4.78 is 0. The first kappa shape index (κ1) is 17.5. The quantitative estimate of drug-likeness (QED) is 0.764. The molecule has 3 rings (SSSR count). The molecule has 1 aromatic rings. The molecule has 25 heavy (non-hydrogen) atoms. The van der Waals surface area contributed by atoms with Crippen LogP contribution in [0.1, 0.15) is 30.4 Å². The first-order chi connectivity index (χ1) is 12.0. The maximum absolute atomic E-state index is 12.3. The SMILES string of the molecule is Cc1cccc(N2C[C@H](C(=O)NCCNC(=O)C3CC3)CC2=O)c1C. The van der Waals surface area contributed by atoms with Gasteiger partial charge >= 0.3 is 0 Å². The number of benzene rings is 1. The minimum atomic E-state index is -0.341. The van der Waals surface area contributed by atoms with Gasteiger partial charge in [0, 0.05) is 37.7 Å². The number of nitrogens with zero attached hydrogens (tertiary/aromatic N) is 1. The molecule has 0 aromatic heterocycles. The van der Waals surface area contributed by atoms with Gasteiger partial charge in [-0.15, -0.1) is 0 Å². The highest BCUT2D eigenvalue weighted by Crippen LogP contribution is 2.29. The molecule has 134 valence electrons. The topological polar surface area (TPSA) is 78.5 Å². The number of rotatable bonds is 6.